The molecule has 0 amide bonds. The average Bonchev–Trinajstić information content (AvgIpc) is 2.94. The van der Waals surface area contributed by atoms with Gasteiger partial charge in [-0.2, -0.15) is 0 Å². The van der Waals surface area contributed by atoms with E-state index in [1.807, 2.05) is 0 Å². The number of hydrogen-bond donors (Lipinski definition) is 2. The topological polar surface area (TPSA) is 127 Å². The van der Waals surface area contributed by atoms with Crippen molar-refractivity contribution in [1.29, 1.82) is 0 Å². The van der Waals surface area contributed by atoms with Crippen LogP contribution in [-0.4, -0.2) is 63.8 Å². The van der Waals surface area contributed by atoms with Crippen LogP contribution in [0.5, 0.6) is 0 Å². The Morgan fingerprint density at radius 2 is 1.85 bits per heavy atom. The highest BCUT2D eigenvalue weighted by atomic mass is 19.1. The predicted molar refractivity (Wildman–Crippen MR) is 116 cm³/mol. The molecular weight excluding hydrogens is 447 g/mol. The molecule has 4 aliphatic rings. The van der Waals surface area contributed by atoms with E-state index >= 15 is 4.39 Å². The van der Waals surface area contributed by atoms with Crippen LogP contribution >= 0.6 is 0 Å². The maximum atomic E-state index is 17.5. The van der Waals surface area contributed by atoms with Crippen LogP contribution in [0.15, 0.2) is 23.8 Å². The molecule has 2 N–H and O–H groups in total. The van der Waals surface area contributed by atoms with Gasteiger partial charge in [0.25, 0.3) is 0 Å². The predicted octanol–water partition coefficient (Wildman–Crippen LogP) is 1.76. The Kier molecular flexibility index (Phi) is 5.68. The molecule has 186 valence electrons. The Labute approximate surface area is 197 Å². The molecule has 8 atom stereocenters. The molecule has 8 nitrogen and oxygen atoms in total. The first kappa shape index (κ1) is 24.7. The van der Waals surface area contributed by atoms with Crippen molar-refractivity contribution in [3.8, 4) is 0 Å². The number of alkyl halides is 1. The normalized spacial score (nSPS) is 44.9. The number of esters is 2. The minimum Gasteiger partial charge on any atom is -0.459 e. The van der Waals surface area contributed by atoms with Crippen LogP contribution in [0.3, 0.4) is 0 Å². The van der Waals surface area contributed by atoms with Gasteiger partial charge in [0, 0.05) is 30.6 Å². The third-order valence-electron chi connectivity index (χ3n) is 8.98. The standard InChI is InChI=1S/C25H31FO8/c1-13(27)33-12-20(31)25(32)19(30)10-18-17-6-5-15-9-16(29)7-8-22(15,3)24(17,26)21(34-14(2)28)11-23(18,25)4/h7-9,17-19,21,30,32H,5-6,10-12H2,1-4H3/t17-,18+,19+,21-,22-,23+,24-,25-/m0/s1. The number of ketones is 2. The Morgan fingerprint density at radius 1 is 1.18 bits per heavy atom. The number of fused-ring (bicyclic) bond motifs is 5. The van der Waals surface area contributed by atoms with Crippen LogP contribution in [0.4, 0.5) is 4.39 Å². The smallest absolute Gasteiger partial charge is 0.303 e. The number of aliphatic hydroxyl groups excluding tert-OH is 1. The quantitative estimate of drug-likeness (QED) is 0.586. The molecule has 0 aromatic rings. The molecule has 0 bridgehead atoms. The zero-order chi connectivity index (χ0) is 25.3. The Balaban J connectivity index is 1.83. The van der Waals surface area contributed by atoms with Gasteiger partial charge in [0.05, 0.1) is 6.10 Å². The Bertz CT molecular complexity index is 1020. The van der Waals surface area contributed by atoms with Crippen LogP contribution in [0.1, 0.15) is 53.4 Å². The highest BCUT2D eigenvalue weighted by Gasteiger charge is 2.77. The Hall–Kier alpha value is -2.39. The molecule has 0 heterocycles. The minimum absolute atomic E-state index is 0.0420. The number of carbonyl (C=O) groups is 4. The van der Waals surface area contributed by atoms with E-state index in [0.717, 1.165) is 13.8 Å². The molecular formula is C25H31FO8. The molecule has 0 aromatic carbocycles. The van der Waals surface area contributed by atoms with Crippen molar-refractivity contribution in [2.75, 3.05) is 6.61 Å². The fraction of sp³-hybridized carbons (Fsp3) is 0.680. The monoisotopic (exact) mass is 478 g/mol. The first-order chi connectivity index (χ1) is 15.7. The molecule has 34 heavy (non-hydrogen) atoms. The second-order valence-corrected chi connectivity index (χ2v) is 10.6. The number of Topliss-reactive ketones (excluding diaryl/α,β-unsaturated/α-hetero) is 1. The summed E-state index contributed by atoms with van der Waals surface area (Å²) in [5, 5.41) is 22.6. The number of carbonyl (C=O) groups excluding carboxylic acids is 4. The second kappa shape index (κ2) is 7.81. The molecule has 0 aromatic heterocycles. The second-order valence-electron chi connectivity index (χ2n) is 10.6. The van der Waals surface area contributed by atoms with Gasteiger partial charge in [-0.3, -0.25) is 19.2 Å². The van der Waals surface area contributed by atoms with Crippen LogP contribution in [0, 0.1) is 22.7 Å². The van der Waals surface area contributed by atoms with Crippen molar-refractivity contribution in [3.63, 3.8) is 0 Å². The summed E-state index contributed by atoms with van der Waals surface area (Å²) >= 11 is 0. The van der Waals surface area contributed by atoms with E-state index in [9.17, 15) is 29.4 Å². The number of halogens is 1. The van der Waals surface area contributed by atoms with Crippen LogP contribution < -0.4 is 0 Å². The molecule has 3 saturated carbocycles. The third-order valence-corrected chi connectivity index (χ3v) is 8.98. The summed E-state index contributed by atoms with van der Waals surface area (Å²) in [5.41, 5.74) is -6.43. The van der Waals surface area contributed by atoms with Crippen LogP contribution in [0.25, 0.3) is 0 Å². The molecule has 0 radical (unpaired) electrons. The van der Waals surface area contributed by atoms with Crippen molar-refractivity contribution in [3.05, 3.63) is 23.8 Å². The molecule has 4 aliphatic carbocycles. The Morgan fingerprint density at radius 3 is 2.47 bits per heavy atom. The maximum absolute atomic E-state index is 17.5. The first-order valence-electron chi connectivity index (χ1n) is 11.6. The van der Waals surface area contributed by atoms with Crippen molar-refractivity contribution >= 4 is 23.5 Å². The van der Waals surface area contributed by atoms with Crippen molar-refractivity contribution in [2.24, 2.45) is 22.7 Å². The summed E-state index contributed by atoms with van der Waals surface area (Å²) in [5.74, 6) is -3.95. The minimum atomic E-state index is -2.32. The maximum Gasteiger partial charge on any atom is 0.303 e. The van der Waals surface area contributed by atoms with Gasteiger partial charge in [0.1, 0.15) is 6.10 Å². The summed E-state index contributed by atoms with van der Waals surface area (Å²) < 4.78 is 27.9. The third kappa shape index (κ3) is 3.09. The van der Waals surface area contributed by atoms with Crippen LogP contribution in [-0.2, 0) is 28.7 Å². The number of aliphatic hydroxyl groups is 2. The number of ether oxygens (including phenoxy) is 2. The summed E-state index contributed by atoms with van der Waals surface area (Å²) in [6.45, 7) is 4.83. The number of allylic oxidation sites excluding steroid dienone is 4. The van der Waals surface area contributed by atoms with Gasteiger partial charge in [-0.25, -0.2) is 4.39 Å². The van der Waals surface area contributed by atoms with Gasteiger partial charge in [-0.15, -0.1) is 0 Å². The molecule has 4 rings (SSSR count). The van der Waals surface area contributed by atoms with Crippen molar-refractivity contribution < 1.29 is 43.3 Å². The molecule has 0 aliphatic heterocycles. The summed E-state index contributed by atoms with van der Waals surface area (Å²) in [7, 11) is 0. The summed E-state index contributed by atoms with van der Waals surface area (Å²) in [6, 6.07) is 0. The lowest BCUT2D eigenvalue weighted by Gasteiger charge is -2.62. The van der Waals surface area contributed by atoms with E-state index in [1.54, 1.807) is 13.8 Å². The van der Waals surface area contributed by atoms with Gasteiger partial charge in [-0.1, -0.05) is 18.6 Å². The van der Waals surface area contributed by atoms with Crippen molar-refractivity contribution in [2.45, 2.75) is 76.9 Å². The zero-order valence-electron chi connectivity index (χ0n) is 19.8. The molecule has 0 saturated heterocycles. The lowest BCUT2D eigenvalue weighted by Crippen LogP contribution is -2.70. The van der Waals surface area contributed by atoms with E-state index in [2.05, 4.69) is 0 Å². The SMILES string of the molecule is CC(=O)OCC(=O)[C@@]1(O)[C@H](O)C[C@@H]2[C@@H]3CCC4=CC(=O)C=C[C@]4(C)[C@@]3(F)[C@@H](OC(C)=O)C[C@]21C. The van der Waals surface area contributed by atoms with Gasteiger partial charge < -0.3 is 19.7 Å². The van der Waals surface area contributed by atoms with E-state index in [-0.39, 0.29) is 25.0 Å². The fourth-order valence-electron chi connectivity index (χ4n) is 7.30. The fourth-order valence-corrected chi connectivity index (χ4v) is 7.30. The van der Waals surface area contributed by atoms with E-state index < -0.39 is 70.5 Å². The van der Waals surface area contributed by atoms with Gasteiger partial charge in [0.15, 0.2) is 23.7 Å². The number of rotatable bonds is 4. The van der Waals surface area contributed by atoms with Crippen molar-refractivity contribution in [1.82, 2.24) is 0 Å². The summed E-state index contributed by atoms with van der Waals surface area (Å²) in [6.07, 6.45) is 1.84. The molecule has 9 heteroatoms. The van der Waals surface area contributed by atoms with E-state index in [0.29, 0.717) is 12.0 Å². The highest BCUT2D eigenvalue weighted by Crippen LogP contribution is 2.70. The highest BCUT2D eigenvalue weighted by molar-refractivity contribution is 6.01. The van der Waals surface area contributed by atoms with Gasteiger partial charge >= 0.3 is 11.9 Å². The van der Waals surface area contributed by atoms with Crippen LogP contribution in [0.2, 0.25) is 0 Å². The molecule has 0 unspecified atom stereocenters. The number of hydrogen-bond acceptors (Lipinski definition) is 8. The summed E-state index contributed by atoms with van der Waals surface area (Å²) in [4.78, 5) is 48.4. The first-order valence-corrected chi connectivity index (χ1v) is 11.6. The van der Waals surface area contributed by atoms with Gasteiger partial charge in [-0.05, 0) is 50.7 Å². The lowest BCUT2D eigenvalue weighted by molar-refractivity contribution is -0.231. The van der Waals surface area contributed by atoms with Gasteiger partial charge in [0.2, 0.25) is 5.78 Å². The van der Waals surface area contributed by atoms with E-state index in [1.165, 1.54) is 18.2 Å². The largest absolute Gasteiger partial charge is 0.459 e. The lowest BCUT2D eigenvalue weighted by atomic mass is 9.44. The molecule has 0 spiro atoms. The zero-order valence-corrected chi connectivity index (χ0v) is 19.8. The molecule has 3 fully saturated rings. The van der Waals surface area contributed by atoms with E-state index in [4.69, 9.17) is 9.47 Å². The average molecular weight is 479 g/mol.